The zero-order chi connectivity index (χ0) is 30.1. The number of amides is 1. The topological polar surface area (TPSA) is 102 Å². The van der Waals surface area contributed by atoms with Gasteiger partial charge in [0.05, 0.1) is 18.2 Å². The van der Waals surface area contributed by atoms with Gasteiger partial charge in [0.25, 0.3) is 5.78 Å². The Balaban J connectivity index is 1.40. The van der Waals surface area contributed by atoms with Crippen molar-refractivity contribution in [1.82, 2.24) is 10.2 Å². The van der Waals surface area contributed by atoms with Gasteiger partial charge in [-0.3, -0.25) is 14.5 Å². The maximum Gasteiger partial charge on any atom is 0.301 e. The molecule has 0 unspecified atom stereocenters. The number of aliphatic hydroxyl groups is 1. The van der Waals surface area contributed by atoms with Crippen molar-refractivity contribution in [2.75, 3.05) is 11.5 Å². The summed E-state index contributed by atoms with van der Waals surface area (Å²) >= 11 is 2.40. The first-order valence-electron chi connectivity index (χ1n) is 13.9. The van der Waals surface area contributed by atoms with Crippen LogP contribution >= 0.6 is 23.1 Å². The summed E-state index contributed by atoms with van der Waals surface area (Å²) in [6, 6.07) is 17.9. The lowest BCUT2D eigenvalue weighted by Crippen LogP contribution is -2.29. The number of rotatable bonds is 9. The summed E-state index contributed by atoms with van der Waals surface area (Å²) in [5, 5.41) is 20.2. The van der Waals surface area contributed by atoms with Gasteiger partial charge in [-0.25, -0.2) is 4.39 Å². The second kappa shape index (κ2) is 12.2. The molecule has 0 radical (unpaired) electrons. The number of halogens is 1. The molecule has 1 N–H and O–H groups in total. The van der Waals surface area contributed by atoms with Gasteiger partial charge in [0, 0.05) is 17.7 Å². The molecule has 1 fully saturated rings. The van der Waals surface area contributed by atoms with Crippen molar-refractivity contribution in [3.05, 3.63) is 100 Å². The number of benzene rings is 3. The van der Waals surface area contributed by atoms with Gasteiger partial charge in [-0.05, 0) is 66.4 Å². The third-order valence-corrected chi connectivity index (χ3v) is 9.28. The van der Waals surface area contributed by atoms with Crippen molar-refractivity contribution in [2.45, 2.75) is 48.9 Å². The number of nitrogens with zero attached hydrogens (tertiary/aromatic N) is 3. The Kier molecular flexibility index (Phi) is 8.18. The van der Waals surface area contributed by atoms with Crippen LogP contribution in [-0.2, 0) is 21.8 Å². The molecule has 2 aliphatic rings. The quantitative estimate of drug-likeness (QED) is 0.0727. The van der Waals surface area contributed by atoms with Crippen molar-refractivity contribution in [3.63, 3.8) is 0 Å². The Morgan fingerprint density at radius 3 is 2.79 bits per heavy atom. The van der Waals surface area contributed by atoms with Gasteiger partial charge in [0.1, 0.15) is 29.2 Å². The minimum Gasteiger partial charge on any atom is -0.507 e. The largest absolute Gasteiger partial charge is 0.507 e. The lowest BCUT2D eigenvalue weighted by atomic mass is 9.94. The van der Waals surface area contributed by atoms with E-state index in [1.54, 1.807) is 60.7 Å². The predicted octanol–water partition coefficient (Wildman–Crippen LogP) is 6.71. The Labute approximate surface area is 256 Å². The second-order valence-electron chi connectivity index (χ2n) is 10.3. The molecule has 1 saturated heterocycles. The van der Waals surface area contributed by atoms with Gasteiger partial charge >= 0.3 is 5.91 Å². The third-order valence-electron chi connectivity index (χ3n) is 7.17. The zero-order valence-electron chi connectivity index (χ0n) is 23.5. The number of aromatic nitrogens is 2. The van der Waals surface area contributed by atoms with Gasteiger partial charge in [0.15, 0.2) is 4.34 Å². The molecule has 2 atom stereocenters. The number of thioether (sulfide) groups is 1. The molecule has 2 aliphatic heterocycles. The van der Waals surface area contributed by atoms with Crippen LogP contribution in [0.5, 0.6) is 11.5 Å². The number of hydrogen-bond acceptors (Lipinski definition) is 9. The van der Waals surface area contributed by atoms with Crippen molar-refractivity contribution in [1.29, 1.82) is 0 Å². The number of carbonyl (C=O) groups excluding carboxylic acids is 2. The molecule has 4 aromatic rings. The van der Waals surface area contributed by atoms with Gasteiger partial charge < -0.3 is 14.6 Å². The van der Waals surface area contributed by atoms with E-state index in [9.17, 15) is 19.1 Å². The molecule has 0 aliphatic carbocycles. The molecule has 6 rings (SSSR count). The van der Waals surface area contributed by atoms with Crippen molar-refractivity contribution < 1.29 is 28.6 Å². The highest BCUT2D eigenvalue weighted by Crippen LogP contribution is 2.45. The van der Waals surface area contributed by atoms with Gasteiger partial charge in [-0.2, -0.15) is 0 Å². The molecule has 3 aromatic carbocycles. The first-order chi connectivity index (χ1) is 20.8. The van der Waals surface area contributed by atoms with Crippen LogP contribution < -0.4 is 14.4 Å². The molecule has 3 heterocycles. The number of ether oxygens (including phenoxy) is 2. The molecule has 0 spiro atoms. The summed E-state index contributed by atoms with van der Waals surface area (Å²) in [5.41, 5.74) is 2.36. The number of fused-ring (bicyclic) bond motifs is 1. The van der Waals surface area contributed by atoms with E-state index in [4.69, 9.17) is 9.47 Å². The molecular formula is C32H28FN3O5S2. The fraction of sp³-hybridized carbons (Fsp3) is 0.250. The first-order valence-corrected chi connectivity index (χ1v) is 15.7. The van der Waals surface area contributed by atoms with Gasteiger partial charge in [-0.15, -0.1) is 10.2 Å². The standard InChI is InChI=1S/C32H28FN3O5S2/c1-3-13-40-23-9-6-8-19(16-23)27-26(28(37)20-11-12-25-22(15-20)14-18(2)41-25)29(38)30(39)36(27)31-34-35-32(43-31)42-17-21-7-4-5-10-24(21)33/h4-12,15-16,18,27,37H,3,13-14,17H2,1-2H3/b28-26+/t18-,27-/m0/s1. The summed E-state index contributed by atoms with van der Waals surface area (Å²) in [7, 11) is 0. The molecule has 1 amide bonds. The van der Waals surface area contributed by atoms with E-state index >= 15 is 0 Å². The number of anilines is 1. The number of hydrogen-bond donors (Lipinski definition) is 1. The first kappa shape index (κ1) is 28.9. The number of carbonyl (C=O) groups is 2. The highest BCUT2D eigenvalue weighted by Gasteiger charge is 2.48. The zero-order valence-corrected chi connectivity index (χ0v) is 25.1. The Bertz CT molecular complexity index is 1740. The Hall–Kier alpha value is -4.22. The van der Waals surface area contributed by atoms with Crippen LogP contribution in [0.4, 0.5) is 9.52 Å². The van der Waals surface area contributed by atoms with Crippen molar-refractivity contribution >= 4 is 45.7 Å². The molecule has 0 saturated carbocycles. The normalized spacial score (nSPS) is 19.0. The monoisotopic (exact) mass is 617 g/mol. The highest BCUT2D eigenvalue weighted by atomic mass is 32.2. The van der Waals surface area contributed by atoms with Crippen molar-refractivity contribution in [2.24, 2.45) is 0 Å². The number of Topliss-reactive ketones (excluding diaryl/α,β-unsaturated/α-hetero) is 1. The van der Waals surface area contributed by atoms with E-state index in [-0.39, 0.29) is 28.4 Å². The maximum atomic E-state index is 14.2. The lowest BCUT2D eigenvalue weighted by Gasteiger charge is -2.23. The highest BCUT2D eigenvalue weighted by molar-refractivity contribution is 8.00. The van der Waals surface area contributed by atoms with Crippen LogP contribution in [0.2, 0.25) is 0 Å². The van der Waals surface area contributed by atoms with Crippen LogP contribution in [0.1, 0.15) is 48.6 Å². The maximum absolute atomic E-state index is 14.2. The summed E-state index contributed by atoms with van der Waals surface area (Å²) in [4.78, 5) is 28.5. The number of ketones is 1. The minimum atomic E-state index is -0.981. The van der Waals surface area contributed by atoms with Gasteiger partial charge in [0.2, 0.25) is 5.13 Å². The van der Waals surface area contributed by atoms with Gasteiger partial charge in [-0.1, -0.05) is 60.4 Å². The molecule has 43 heavy (non-hydrogen) atoms. The van der Waals surface area contributed by atoms with E-state index in [2.05, 4.69) is 10.2 Å². The smallest absolute Gasteiger partial charge is 0.301 e. The van der Waals surface area contributed by atoms with E-state index in [1.165, 1.54) is 22.7 Å². The van der Waals surface area contributed by atoms with Crippen LogP contribution in [0, 0.1) is 5.82 Å². The average Bonchev–Trinajstić information content (AvgIpc) is 3.70. The van der Waals surface area contributed by atoms with E-state index in [0.717, 1.165) is 29.1 Å². The van der Waals surface area contributed by atoms with E-state index < -0.39 is 17.7 Å². The fourth-order valence-electron chi connectivity index (χ4n) is 5.18. The fourth-order valence-corrected chi connectivity index (χ4v) is 7.03. The summed E-state index contributed by atoms with van der Waals surface area (Å²) in [6.07, 6.45) is 1.48. The van der Waals surface area contributed by atoms with E-state index in [1.807, 2.05) is 13.8 Å². The Morgan fingerprint density at radius 2 is 1.98 bits per heavy atom. The van der Waals surface area contributed by atoms with Crippen LogP contribution in [0.15, 0.2) is 76.6 Å². The predicted molar refractivity (Wildman–Crippen MR) is 163 cm³/mol. The number of aliphatic hydroxyl groups excluding tert-OH is 1. The SMILES string of the molecule is CCCOc1cccc([C@H]2/C(=C(\O)c3ccc4c(c3)C[C@H](C)O4)C(=O)C(=O)N2c2nnc(SCc3ccccc3F)s2)c1. The van der Waals surface area contributed by atoms with Crippen LogP contribution in [-0.4, -0.2) is 39.7 Å². The molecular weight excluding hydrogens is 590 g/mol. The second-order valence-corrected chi connectivity index (χ2v) is 12.5. The van der Waals surface area contributed by atoms with E-state index in [0.29, 0.717) is 45.6 Å². The molecule has 8 nitrogen and oxygen atoms in total. The summed E-state index contributed by atoms with van der Waals surface area (Å²) in [5.74, 6) is -0.631. The lowest BCUT2D eigenvalue weighted by molar-refractivity contribution is -0.132. The summed E-state index contributed by atoms with van der Waals surface area (Å²) in [6.45, 7) is 4.46. The minimum absolute atomic E-state index is 0.00619. The Morgan fingerprint density at radius 1 is 1.14 bits per heavy atom. The average molecular weight is 618 g/mol. The molecule has 1 aromatic heterocycles. The summed E-state index contributed by atoms with van der Waals surface area (Å²) < 4.78 is 26.3. The van der Waals surface area contributed by atoms with Crippen molar-refractivity contribution in [3.8, 4) is 11.5 Å². The molecule has 0 bridgehead atoms. The molecule has 220 valence electrons. The van der Waals surface area contributed by atoms with Crippen LogP contribution in [0.3, 0.4) is 0 Å². The van der Waals surface area contributed by atoms with Crippen LogP contribution in [0.25, 0.3) is 5.76 Å². The third kappa shape index (κ3) is 5.74. The molecule has 11 heteroatoms.